The predicted octanol–water partition coefficient (Wildman–Crippen LogP) is 5.15. The number of rotatable bonds is 6. The summed E-state index contributed by atoms with van der Waals surface area (Å²) in [5, 5.41) is 6.72. The van der Waals surface area contributed by atoms with E-state index in [-0.39, 0.29) is 11.8 Å². The smallest absolute Gasteiger partial charge is 0.254 e. The van der Waals surface area contributed by atoms with E-state index in [2.05, 4.69) is 10.6 Å². The van der Waals surface area contributed by atoms with Crippen molar-refractivity contribution < 1.29 is 9.59 Å². The van der Waals surface area contributed by atoms with Gasteiger partial charge in [-0.15, -0.1) is 11.3 Å². The summed E-state index contributed by atoms with van der Waals surface area (Å²) in [5.74, 6) is -0.645. The standard InChI is InChI=1S/C25H26N2O2S/c1-2-26-23(28)22-19-15-9-10-16-20(19)30-25(22)27-24(29)21(17-11-5-3-6-12-17)18-13-7-4-8-14-18/h3-8,11-14,21H,2,9-10,15-16H2,1H3,(H,26,28)(H,27,29). The molecule has 0 unspecified atom stereocenters. The normalized spacial score (nSPS) is 13.0. The first-order valence-electron chi connectivity index (χ1n) is 10.5. The van der Waals surface area contributed by atoms with Crippen molar-refractivity contribution in [3.05, 3.63) is 87.8 Å². The lowest BCUT2D eigenvalue weighted by molar-refractivity contribution is -0.116. The monoisotopic (exact) mass is 418 g/mol. The number of amides is 2. The number of carbonyl (C=O) groups is 2. The summed E-state index contributed by atoms with van der Waals surface area (Å²) in [5.41, 5.74) is 3.64. The van der Waals surface area contributed by atoms with E-state index in [4.69, 9.17) is 0 Å². The Bertz CT molecular complexity index is 989. The SMILES string of the molecule is CCNC(=O)c1c(NC(=O)C(c2ccccc2)c2ccccc2)sc2c1CCCC2. The van der Waals surface area contributed by atoms with E-state index in [0.717, 1.165) is 42.4 Å². The third-order valence-electron chi connectivity index (χ3n) is 5.50. The average molecular weight is 419 g/mol. The van der Waals surface area contributed by atoms with Crippen molar-refractivity contribution in [3.8, 4) is 0 Å². The van der Waals surface area contributed by atoms with E-state index < -0.39 is 5.92 Å². The van der Waals surface area contributed by atoms with Crippen LogP contribution in [0.15, 0.2) is 60.7 Å². The summed E-state index contributed by atoms with van der Waals surface area (Å²) < 4.78 is 0. The minimum atomic E-state index is -0.436. The van der Waals surface area contributed by atoms with Gasteiger partial charge in [0.2, 0.25) is 5.91 Å². The van der Waals surface area contributed by atoms with Crippen LogP contribution in [-0.2, 0) is 17.6 Å². The molecule has 5 heteroatoms. The summed E-state index contributed by atoms with van der Waals surface area (Å²) in [7, 11) is 0. The molecule has 4 nitrogen and oxygen atoms in total. The topological polar surface area (TPSA) is 58.2 Å². The lowest BCUT2D eigenvalue weighted by atomic mass is 9.90. The van der Waals surface area contributed by atoms with E-state index in [0.29, 0.717) is 17.1 Å². The first kappa shape index (κ1) is 20.4. The van der Waals surface area contributed by atoms with Crippen molar-refractivity contribution in [2.24, 2.45) is 0 Å². The molecule has 4 rings (SSSR count). The van der Waals surface area contributed by atoms with Crippen LogP contribution in [0.3, 0.4) is 0 Å². The Morgan fingerprint density at radius 2 is 1.53 bits per heavy atom. The number of carbonyl (C=O) groups excluding carboxylic acids is 2. The number of anilines is 1. The zero-order valence-electron chi connectivity index (χ0n) is 17.1. The molecule has 0 bridgehead atoms. The van der Waals surface area contributed by atoms with Crippen molar-refractivity contribution >= 4 is 28.2 Å². The van der Waals surface area contributed by atoms with Crippen molar-refractivity contribution in [1.82, 2.24) is 5.32 Å². The number of benzene rings is 2. The number of hydrogen-bond donors (Lipinski definition) is 2. The van der Waals surface area contributed by atoms with Gasteiger partial charge in [-0.05, 0) is 49.3 Å². The van der Waals surface area contributed by atoms with Gasteiger partial charge in [-0.3, -0.25) is 9.59 Å². The zero-order valence-corrected chi connectivity index (χ0v) is 17.9. The molecule has 154 valence electrons. The van der Waals surface area contributed by atoms with Crippen molar-refractivity contribution in [1.29, 1.82) is 0 Å². The van der Waals surface area contributed by atoms with Crippen LogP contribution in [0, 0.1) is 0 Å². The van der Waals surface area contributed by atoms with Gasteiger partial charge in [0.25, 0.3) is 5.91 Å². The molecule has 1 heterocycles. The first-order chi connectivity index (χ1) is 14.7. The maximum absolute atomic E-state index is 13.5. The Labute approximate surface area is 181 Å². The number of aryl methyl sites for hydroxylation is 1. The molecule has 3 aromatic rings. The fraction of sp³-hybridized carbons (Fsp3) is 0.280. The summed E-state index contributed by atoms with van der Waals surface area (Å²) in [6, 6.07) is 19.6. The molecule has 1 aliphatic carbocycles. The van der Waals surface area contributed by atoms with Crippen LogP contribution in [0.2, 0.25) is 0 Å². The lowest BCUT2D eigenvalue weighted by Crippen LogP contribution is -2.27. The summed E-state index contributed by atoms with van der Waals surface area (Å²) >= 11 is 1.56. The maximum Gasteiger partial charge on any atom is 0.254 e. The van der Waals surface area contributed by atoms with Crippen LogP contribution in [-0.4, -0.2) is 18.4 Å². The first-order valence-corrected chi connectivity index (χ1v) is 11.3. The summed E-state index contributed by atoms with van der Waals surface area (Å²) in [6.07, 6.45) is 4.09. The Hall–Kier alpha value is -2.92. The number of hydrogen-bond acceptors (Lipinski definition) is 3. The van der Waals surface area contributed by atoms with Crippen molar-refractivity contribution in [2.45, 2.75) is 38.5 Å². The highest BCUT2D eigenvalue weighted by Crippen LogP contribution is 2.39. The largest absolute Gasteiger partial charge is 0.352 e. The number of thiophene rings is 1. The van der Waals surface area contributed by atoms with E-state index in [1.807, 2.05) is 67.6 Å². The van der Waals surface area contributed by atoms with Gasteiger partial charge in [0.1, 0.15) is 5.00 Å². The lowest BCUT2D eigenvalue weighted by Gasteiger charge is -2.18. The van der Waals surface area contributed by atoms with Gasteiger partial charge < -0.3 is 10.6 Å². The quantitative estimate of drug-likeness (QED) is 0.582. The average Bonchev–Trinajstić information content (AvgIpc) is 3.13. The van der Waals surface area contributed by atoms with Crippen LogP contribution in [0.25, 0.3) is 0 Å². The predicted molar refractivity (Wildman–Crippen MR) is 122 cm³/mol. The molecule has 0 saturated heterocycles. The second-order valence-corrected chi connectivity index (χ2v) is 8.62. The number of fused-ring (bicyclic) bond motifs is 1. The van der Waals surface area contributed by atoms with Crippen molar-refractivity contribution in [3.63, 3.8) is 0 Å². The van der Waals surface area contributed by atoms with Gasteiger partial charge >= 0.3 is 0 Å². The van der Waals surface area contributed by atoms with Crippen LogP contribution >= 0.6 is 11.3 Å². The molecule has 0 radical (unpaired) electrons. The zero-order chi connectivity index (χ0) is 20.9. The molecule has 30 heavy (non-hydrogen) atoms. The molecule has 2 amide bonds. The molecule has 1 aliphatic rings. The molecule has 2 aromatic carbocycles. The highest BCUT2D eigenvalue weighted by atomic mass is 32.1. The third-order valence-corrected chi connectivity index (χ3v) is 6.71. The molecular weight excluding hydrogens is 392 g/mol. The van der Waals surface area contributed by atoms with E-state index in [1.54, 1.807) is 11.3 Å². The van der Waals surface area contributed by atoms with E-state index in [9.17, 15) is 9.59 Å². The second-order valence-electron chi connectivity index (χ2n) is 7.52. The molecule has 0 atom stereocenters. The highest BCUT2D eigenvalue weighted by molar-refractivity contribution is 7.17. The van der Waals surface area contributed by atoms with Gasteiger partial charge in [-0.2, -0.15) is 0 Å². The fourth-order valence-corrected chi connectivity index (χ4v) is 5.40. The third kappa shape index (κ3) is 4.17. The Morgan fingerprint density at radius 3 is 2.13 bits per heavy atom. The van der Waals surface area contributed by atoms with Crippen LogP contribution in [0.4, 0.5) is 5.00 Å². The molecular formula is C25H26N2O2S. The van der Waals surface area contributed by atoms with Crippen LogP contribution in [0.5, 0.6) is 0 Å². The molecule has 0 aliphatic heterocycles. The van der Waals surface area contributed by atoms with E-state index >= 15 is 0 Å². The Morgan fingerprint density at radius 1 is 0.933 bits per heavy atom. The Kier molecular flexibility index (Phi) is 6.29. The second kappa shape index (κ2) is 9.26. The minimum absolute atomic E-state index is 0.0943. The van der Waals surface area contributed by atoms with Crippen LogP contribution in [0.1, 0.15) is 57.6 Å². The molecule has 2 N–H and O–H groups in total. The molecule has 0 fully saturated rings. The maximum atomic E-state index is 13.5. The van der Waals surface area contributed by atoms with Gasteiger partial charge in [0.15, 0.2) is 0 Å². The van der Waals surface area contributed by atoms with Gasteiger partial charge in [-0.1, -0.05) is 60.7 Å². The number of nitrogens with one attached hydrogen (secondary N) is 2. The Balaban J connectivity index is 1.71. The molecule has 1 aromatic heterocycles. The van der Waals surface area contributed by atoms with E-state index in [1.165, 1.54) is 4.88 Å². The minimum Gasteiger partial charge on any atom is -0.352 e. The van der Waals surface area contributed by atoms with Gasteiger partial charge in [0.05, 0.1) is 11.5 Å². The van der Waals surface area contributed by atoms with Crippen molar-refractivity contribution in [2.75, 3.05) is 11.9 Å². The van der Waals surface area contributed by atoms with Gasteiger partial charge in [0, 0.05) is 11.4 Å². The highest BCUT2D eigenvalue weighted by Gasteiger charge is 2.29. The van der Waals surface area contributed by atoms with Gasteiger partial charge in [-0.25, -0.2) is 0 Å². The molecule has 0 saturated carbocycles. The summed E-state index contributed by atoms with van der Waals surface area (Å²) in [4.78, 5) is 27.6. The summed E-state index contributed by atoms with van der Waals surface area (Å²) in [6.45, 7) is 2.48. The van der Waals surface area contributed by atoms with Crippen LogP contribution < -0.4 is 10.6 Å². The molecule has 0 spiro atoms. The fourth-order valence-electron chi connectivity index (χ4n) is 4.11.